The number of amides is 1. The van der Waals surface area contributed by atoms with Gasteiger partial charge in [0.2, 0.25) is 17.8 Å². The maximum Gasteiger partial charge on any atom is 0.234 e. The molecule has 1 aliphatic heterocycles. The molecule has 3 aromatic rings. The zero-order chi connectivity index (χ0) is 22.5. The normalized spacial score (nSPS) is 14.4. The molecule has 2 N–H and O–H groups in total. The largest absolute Gasteiger partial charge is 0.338 e. The summed E-state index contributed by atoms with van der Waals surface area (Å²) < 4.78 is 0. The summed E-state index contributed by atoms with van der Waals surface area (Å²) in [5.74, 6) is 1.14. The quantitative estimate of drug-likeness (QED) is 0.536. The smallest absolute Gasteiger partial charge is 0.234 e. The summed E-state index contributed by atoms with van der Waals surface area (Å²) >= 11 is 3.02. The lowest BCUT2D eigenvalue weighted by molar-refractivity contribution is -0.115. The summed E-state index contributed by atoms with van der Waals surface area (Å²) in [7, 11) is 2.12. The van der Waals surface area contributed by atoms with E-state index in [2.05, 4.69) is 42.4 Å². The lowest BCUT2D eigenvalue weighted by Gasteiger charge is -2.32. The highest BCUT2D eigenvalue weighted by molar-refractivity contribution is 7.99. The Morgan fingerprint density at radius 1 is 1.12 bits per heavy atom. The third-order valence-corrected chi connectivity index (χ3v) is 6.60. The summed E-state index contributed by atoms with van der Waals surface area (Å²) in [6.07, 6.45) is 2.27. The van der Waals surface area contributed by atoms with Crippen LogP contribution in [0.2, 0.25) is 0 Å². The molecule has 1 aliphatic rings. The van der Waals surface area contributed by atoms with Gasteiger partial charge in [-0.3, -0.25) is 10.1 Å². The Morgan fingerprint density at radius 2 is 1.88 bits per heavy atom. The fraction of sp³-hybridized carbons (Fsp3) is 0.381. The molecule has 0 saturated carbocycles. The summed E-state index contributed by atoms with van der Waals surface area (Å²) in [6, 6.07) is 7.67. The highest BCUT2D eigenvalue weighted by Gasteiger charge is 2.19. The molecule has 0 unspecified atom stereocenters. The number of aryl methyl sites for hydroxylation is 1. The van der Waals surface area contributed by atoms with Crippen molar-refractivity contribution in [2.75, 3.05) is 48.8 Å². The third-order valence-electron chi connectivity index (χ3n) is 4.90. The number of likely N-dealkylation sites (N-methyl/N-ethyl adjacent to an activating group) is 1. The summed E-state index contributed by atoms with van der Waals surface area (Å²) in [5, 5.41) is 7.45. The maximum absolute atomic E-state index is 11.6. The van der Waals surface area contributed by atoms with Crippen LogP contribution in [0.25, 0.3) is 0 Å². The van der Waals surface area contributed by atoms with E-state index in [1.807, 2.05) is 44.3 Å². The molecule has 9 nitrogen and oxygen atoms in total. The SMILES string of the molecule is CCC(=O)Nc1ccc(Sc2nc(Nc3ncc(C)s3)nc(N3CCN(C)CC3)n2)cc1. The molecule has 0 bridgehead atoms. The van der Waals surface area contributed by atoms with E-state index >= 15 is 0 Å². The van der Waals surface area contributed by atoms with Gasteiger partial charge < -0.3 is 15.1 Å². The van der Waals surface area contributed by atoms with Crippen molar-refractivity contribution in [1.29, 1.82) is 0 Å². The second-order valence-electron chi connectivity index (χ2n) is 7.46. The standard InChI is InChI=1S/C21H26N8OS2/c1-4-17(30)23-15-5-7-16(8-6-15)32-21-26-18(25-20-22-13-14(2)31-20)24-19(27-21)29-11-9-28(3)10-12-29/h5-8,13H,4,9-12H2,1-3H3,(H,23,30)(H,22,24,25,26,27). The molecule has 0 radical (unpaired) electrons. The van der Waals surface area contributed by atoms with Crippen LogP contribution in [0.3, 0.4) is 0 Å². The van der Waals surface area contributed by atoms with Gasteiger partial charge in [-0.1, -0.05) is 6.92 Å². The van der Waals surface area contributed by atoms with Crippen LogP contribution in [-0.2, 0) is 4.79 Å². The van der Waals surface area contributed by atoms with Gasteiger partial charge in [-0.25, -0.2) is 4.98 Å². The Balaban J connectivity index is 1.56. The fourth-order valence-electron chi connectivity index (χ4n) is 3.06. The minimum Gasteiger partial charge on any atom is -0.338 e. The molecule has 0 atom stereocenters. The van der Waals surface area contributed by atoms with Gasteiger partial charge >= 0.3 is 0 Å². The number of rotatable bonds is 7. The first-order valence-corrected chi connectivity index (χ1v) is 12.1. The minimum absolute atomic E-state index is 0.00664. The maximum atomic E-state index is 11.6. The number of carbonyl (C=O) groups excluding carboxylic acids is 1. The average molecular weight is 471 g/mol. The zero-order valence-electron chi connectivity index (χ0n) is 18.3. The molecule has 1 amide bonds. The molecule has 1 fully saturated rings. The fourth-order valence-corrected chi connectivity index (χ4v) is 4.47. The van der Waals surface area contributed by atoms with Gasteiger partial charge in [0, 0.05) is 54.3 Å². The van der Waals surface area contributed by atoms with Gasteiger partial charge in [-0.15, -0.1) is 11.3 Å². The van der Waals surface area contributed by atoms with Gasteiger partial charge in [0.25, 0.3) is 0 Å². The van der Waals surface area contributed by atoms with Gasteiger partial charge in [-0.2, -0.15) is 15.0 Å². The first-order valence-electron chi connectivity index (χ1n) is 10.5. The van der Waals surface area contributed by atoms with Crippen LogP contribution in [0.1, 0.15) is 18.2 Å². The van der Waals surface area contributed by atoms with Crippen LogP contribution in [0.15, 0.2) is 40.5 Å². The number of hydrogen-bond acceptors (Lipinski definition) is 10. The molecule has 32 heavy (non-hydrogen) atoms. The van der Waals surface area contributed by atoms with Crippen molar-refractivity contribution in [3.63, 3.8) is 0 Å². The second kappa shape index (κ2) is 10.2. The molecule has 3 heterocycles. The summed E-state index contributed by atoms with van der Waals surface area (Å²) in [6.45, 7) is 7.51. The zero-order valence-corrected chi connectivity index (χ0v) is 20.0. The van der Waals surface area contributed by atoms with Gasteiger partial charge in [-0.05, 0) is 50.0 Å². The number of benzene rings is 1. The predicted octanol–water partition coefficient (Wildman–Crippen LogP) is 3.63. The summed E-state index contributed by atoms with van der Waals surface area (Å²) in [5.41, 5.74) is 0.775. The van der Waals surface area contributed by atoms with E-state index in [9.17, 15) is 4.79 Å². The third kappa shape index (κ3) is 5.93. The summed E-state index contributed by atoms with van der Waals surface area (Å²) in [4.78, 5) is 36.5. The molecule has 11 heteroatoms. The van der Waals surface area contributed by atoms with Gasteiger partial charge in [0.15, 0.2) is 10.3 Å². The Morgan fingerprint density at radius 3 is 2.53 bits per heavy atom. The Kier molecular flexibility index (Phi) is 7.18. The lowest BCUT2D eigenvalue weighted by atomic mass is 10.3. The van der Waals surface area contributed by atoms with Crippen molar-refractivity contribution < 1.29 is 4.79 Å². The molecule has 1 saturated heterocycles. The second-order valence-corrected chi connectivity index (χ2v) is 9.74. The first kappa shape index (κ1) is 22.4. The van der Waals surface area contributed by atoms with Crippen LogP contribution in [0, 0.1) is 6.92 Å². The van der Waals surface area contributed by atoms with E-state index in [0.29, 0.717) is 23.5 Å². The van der Waals surface area contributed by atoms with E-state index in [4.69, 9.17) is 4.98 Å². The van der Waals surface area contributed by atoms with Crippen molar-refractivity contribution in [1.82, 2.24) is 24.8 Å². The Bertz CT molecular complexity index is 1060. The van der Waals surface area contributed by atoms with Crippen molar-refractivity contribution in [3.8, 4) is 0 Å². The number of nitrogens with one attached hydrogen (secondary N) is 2. The molecule has 0 spiro atoms. The highest BCUT2D eigenvalue weighted by Crippen LogP contribution is 2.29. The molecule has 1 aromatic carbocycles. The Labute approximate surface area is 195 Å². The average Bonchev–Trinajstić information content (AvgIpc) is 3.19. The topological polar surface area (TPSA) is 99.2 Å². The van der Waals surface area contributed by atoms with Crippen LogP contribution >= 0.6 is 23.1 Å². The molecular formula is C21H26N8OS2. The van der Waals surface area contributed by atoms with Crippen molar-refractivity contribution in [2.24, 2.45) is 0 Å². The van der Waals surface area contributed by atoms with E-state index in [1.54, 1.807) is 11.3 Å². The van der Waals surface area contributed by atoms with Crippen LogP contribution in [0.5, 0.6) is 0 Å². The van der Waals surface area contributed by atoms with Crippen molar-refractivity contribution >= 4 is 51.7 Å². The molecule has 2 aromatic heterocycles. The number of carbonyl (C=O) groups is 1. The molecule has 4 rings (SSSR count). The predicted molar refractivity (Wildman–Crippen MR) is 129 cm³/mol. The number of nitrogens with zero attached hydrogens (tertiary/aromatic N) is 6. The number of anilines is 4. The van der Waals surface area contributed by atoms with Gasteiger partial charge in [0.05, 0.1) is 0 Å². The molecular weight excluding hydrogens is 444 g/mol. The monoisotopic (exact) mass is 470 g/mol. The van der Waals surface area contributed by atoms with Crippen LogP contribution < -0.4 is 15.5 Å². The number of thiazole rings is 1. The van der Waals surface area contributed by atoms with E-state index in [0.717, 1.165) is 46.8 Å². The van der Waals surface area contributed by atoms with Crippen LogP contribution in [-0.4, -0.2) is 64.0 Å². The first-order chi connectivity index (χ1) is 15.5. The van der Waals surface area contributed by atoms with Gasteiger partial charge in [0.1, 0.15) is 0 Å². The Hall–Kier alpha value is -2.76. The molecule has 0 aliphatic carbocycles. The van der Waals surface area contributed by atoms with Crippen molar-refractivity contribution in [3.05, 3.63) is 35.3 Å². The molecule has 168 valence electrons. The lowest BCUT2D eigenvalue weighted by Crippen LogP contribution is -2.45. The number of hydrogen-bond donors (Lipinski definition) is 2. The van der Waals surface area contributed by atoms with Crippen LogP contribution in [0.4, 0.5) is 22.7 Å². The van der Waals surface area contributed by atoms with E-state index in [1.165, 1.54) is 11.8 Å². The number of piperazine rings is 1. The highest BCUT2D eigenvalue weighted by atomic mass is 32.2. The van der Waals surface area contributed by atoms with Crippen molar-refractivity contribution in [2.45, 2.75) is 30.3 Å². The minimum atomic E-state index is -0.00664. The number of aromatic nitrogens is 4. The van der Waals surface area contributed by atoms with E-state index < -0.39 is 0 Å². The van der Waals surface area contributed by atoms with E-state index in [-0.39, 0.29) is 5.91 Å².